The van der Waals surface area contributed by atoms with Gasteiger partial charge in [0.05, 0.1) is 12.3 Å². The Morgan fingerprint density at radius 2 is 1.91 bits per heavy atom. The van der Waals surface area contributed by atoms with Crippen molar-refractivity contribution in [2.75, 3.05) is 6.61 Å². The van der Waals surface area contributed by atoms with Gasteiger partial charge in [0.1, 0.15) is 18.8 Å². The minimum atomic E-state index is -0.520. The second-order valence-electron chi connectivity index (χ2n) is 4.70. The fraction of sp³-hybridized carbons (Fsp3) is 0.312. The van der Waals surface area contributed by atoms with Crippen LogP contribution < -0.4 is 0 Å². The Labute approximate surface area is 128 Å². The first kappa shape index (κ1) is 15.8. The highest BCUT2D eigenvalue weighted by atomic mass is 16.5. The van der Waals surface area contributed by atoms with Gasteiger partial charge in [-0.2, -0.15) is 5.10 Å². The first-order valence-corrected chi connectivity index (χ1v) is 7.01. The van der Waals surface area contributed by atoms with E-state index in [0.29, 0.717) is 5.69 Å². The molecule has 22 heavy (non-hydrogen) atoms. The molecular weight excluding hydrogens is 284 g/mol. The molecule has 1 aromatic carbocycles. The number of nitrogens with zero attached hydrogens (tertiary/aromatic N) is 2. The van der Waals surface area contributed by atoms with Crippen LogP contribution in [0.2, 0.25) is 0 Å². The summed E-state index contributed by atoms with van der Waals surface area (Å²) in [6, 6.07) is 11.0. The molecule has 2 aromatic rings. The first-order valence-electron chi connectivity index (χ1n) is 7.01. The monoisotopic (exact) mass is 302 g/mol. The lowest BCUT2D eigenvalue weighted by Gasteiger charge is -2.07. The summed E-state index contributed by atoms with van der Waals surface area (Å²) in [5.41, 5.74) is 1.77. The molecule has 0 aliphatic carbocycles. The van der Waals surface area contributed by atoms with Crippen molar-refractivity contribution in [3.05, 3.63) is 53.3 Å². The lowest BCUT2D eigenvalue weighted by molar-refractivity contribution is -0.144. The van der Waals surface area contributed by atoms with Crippen molar-refractivity contribution >= 4 is 11.9 Å². The Bertz CT molecular complexity index is 649. The molecule has 0 fully saturated rings. The first-order chi connectivity index (χ1) is 10.6. The largest absolute Gasteiger partial charge is 0.465 e. The number of benzene rings is 1. The second kappa shape index (κ2) is 7.40. The molecule has 0 saturated heterocycles. The van der Waals surface area contributed by atoms with E-state index in [2.05, 4.69) is 5.10 Å². The third kappa shape index (κ3) is 4.18. The molecule has 0 unspecified atom stereocenters. The Kier molecular flexibility index (Phi) is 5.30. The van der Waals surface area contributed by atoms with E-state index in [0.717, 1.165) is 5.56 Å². The van der Waals surface area contributed by atoms with Gasteiger partial charge in [-0.15, -0.1) is 0 Å². The normalized spacial score (nSPS) is 10.3. The summed E-state index contributed by atoms with van der Waals surface area (Å²) in [6.07, 6.45) is 0. The van der Waals surface area contributed by atoms with Crippen LogP contribution in [0.25, 0.3) is 0 Å². The second-order valence-corrected chi connectivity index (χ2v) is 4.70. The van der Waals surface area contributed by atoms with Crippen LogP contribution in [0.3, 0.4) is 0 Å². The Balaban J connectivity index is 2.04. The highest BCUT2D eigenvalue weighted by molar-refractivity contribution is 5.88. The van der Waals surface area contributed by atoms with Crippen LogP contribution in [0.5, 0.6) is 0 Å². The molecule has 6 nitrogen and oxygen atoms in total. The number of hydrogen-bond acceptors (Lipinski definition) is 5. The fourth-order valence-electron chi connectivity index (χ4n) is 1.96. The van der Waals surface area contributed by atoms with E-state index in [4.69, 9.17) is 9.47 Å². The Hall–Kier alpha value is -2.63. The average molecular weight is 302 g/mol. The number of carbonyl (C=O) groups is 2. The van der Waals surface area contributed by atoms with Gasteiger partial charge >= 0.3 is 11.9 Å². The van der Waals surface area contributed by atoms with Crippen molar-refractivity contribution in [3.63, 3.8) is 0 Å². The van der Waals surface area contributed by atoms with Crippen LogP contribution >= 0.6 is 0 Å². The molecule has 0 amide bonds. The maximum Gasteiger partial charge on any atom is 0.356 e. The van der Waals surface area contributed by atoms with Crippen molar-refractivity contribution in [1.82, 2.24) is 9.78 Å². The number of ether oxygens (including phenoxy) is 2. The van der Waals surface area contributed by atoms with Crippen LogP contribution in [-0.4, -0.2) is 28.3 Å². The zero-order chi connectivity index (χ0) is 15.9. The van der Waals surface area contributed by atoms with E-state index in [1.54, 1.807) is 19.9 Å². The number of esters is 2. The van der Waals surface area contributed by atoms with Gasteiger partial charge in [0.15, 0.2) is 0 Å². The average Bonchev–Trinajstić information content (AvgIpc) is 2.86. The van der Waals surface area contributed by atoms with E-state index in [1.807, 2.05) is 30.3 Å². The zero-order valence-corrected chi connectivity index (χ0v) is 12.6. The summed E-state index contributed by atoms with van der Waals surface area (Å²) >= 11 is 0. The van der Waals surface area contributed by atoms with Crippen molar-refractivity contribution < 1.29 is 19.1 Å². The number of carbonyl (C=O) groups excluding carboxylic acids is 2. The van der Waals surface area contributed by atoms with Gasteiger partial charge in [0, 0.05) is 0 Å². The van der Waals surface area contributed by atoms with E-state index in [-0.39, 0.29) is 25.5 Å². The van der Waals surface area contributed by atoms with Crippen LogP contribution in [0, 0.1) is 6.92 Å². The van der Waals surface area contributed by atoms with Gasteiger partial charge < -0.3 is 9.47 Å². The number of hydrogen-bond donors (Lipinski definition) is 0. The quantitative estimate of drug-likeness (QED) is 0.764. The Morgan fingerprint density at radius 1 is 1.18 bits per heavy atom. The summed E-state index contributed by atoms with van der Waals surface area (Å²) in [4.78, 5) is 23.7. The molecule has 0 radical (unpaired) electrons. The lowest BCUT2D eigenvalue weighted by atomic mass is 10.2. The molecule has 0 saturated carbocycles. The molecule has 2 rings (SSSR count). The fourth-order valence-corrected chi connectivity index (χ4v) is 1.96. The van der Waals surface area contributed by atoms with Gasteiger partial charge in [-0.25, -0.2) is 9.48 Å². The third-order valence-electron chi connectivity index (χ3n) is 2.91. The lowest BCUT2D eigenvalue weighted by Crippen LogP contribution is -2.19. The molecule has 0 aliphatic heterocycles. The van der Waals surface area contributed by atoms with Crippen molar-refractivity contribution in [2.45, 2.75) is 27.0 Å². The molecule has 0 atom stereocenters. The molecule has 6 heteroatoms. The molecule has 0 aliphatic rings. The zero-order valence-electron chi connectivity index (χ0n) is 12.6. The minimum absolute atomic E-state index is 0.114. The van der Waals surface area contributed by atoms with Crippen LogP contribution in [-0.2, 0) is 27.4 Å². The summed E-state index contributed by atoms with van der Waals surface area (Å²) in [5, 5.41) is 4.12. The predicted octanol–water partition coefficient (Wildman–Crippen LogP) is 2.11. The molecule has 0 spiro atoms. The SMILES string of the molecule is CCOC(=O)Cn1nc(C)cc1C(=O)OCc1ccccc1. The minimum Gasteiger partial charge on any atom is -0.465 e. The molecular formula is C16H18N2O4. The summed E-state index contributed by atoms with van der Waals surface area (Å²) in [5.74, 6) is -0.962. The van der Waals surface area contributed by atoms with Crippen molar-refractivity contribution in [2.24, 2.45) is 0 Å². The van der Waals surface area contributed by atoms with Gasteiger partial charge in [-0.3, -0.25) is 4.79 Å². The van der Waals surface area contributed by atoms with E-state index < -0.39 is 11.9 Å². The van der Waals surface area contributed by atoms with Crippen LogP contribution in [0.4, 0.5) is 0 Å². The third-order valence-corrected chi connectivity index (χ3v) is 2.91. The van der Waals surface area contributed by atoms with Crippen molar-refractivity contribution in [3.8, 4) is 0 Å². The summed E-state index contributed by atoms with van der Waals surface area (Å²) in [7, 11) is 0. The molecule has 1 heterocycles. The van der Waals surface area contributed by atoms with E-state index in [1.165, 1.54) is 4.68 Å². The number of rotatable bonds is 6. The smallest absolute Gasteiger partial charge is 0.356 e. The highest BCUT2D eigenvalue weighted by Crippen LogP contribution is 2.09. The number of aryl methyl sites for hydroxylation is 1. The predicted molar refractivity (Wildman–Crippen MR) is 79.2 cm³/mol. The van der Waals surface area contributed by atoms with Gasteiger partial charge in [0.25, 0.3) is 0 Å². The highest BCUT2D eigenvalue weighted by Gasteiger charge is 2.18. The molecule has 1 aromatic heterocycles. The van der Waals surface area contributed by atoms with Gasteiger partial charge in [-0.1, -0.05) is 30.3 Å². The maximum absolute atomic E-state index is 12.2. The molecule has 0 bridgehead atoms. The van der Waals surface area contributed by atoms with Crippen LogP contribution in [0.1, 0.15) is 28.7 Å². The summed E-state index contributed by atoms with van der Waals surface area (Å²) in [6.45, 7) is 3.81. The van der Waals surface area contributed by atoms with E-state index >= 15 is 0 Å². The molecule has 0 N–H and O–H groups in total. The van der Waals surface area contributed by atoms with Crippen LogP contribution in [0.15, 0.2) is 36.4 Å². The standard InChI is InChI=1S/C16H18N2O4/c1-3-21-15(19)10-18-14(9-12(2)17-18)16(20)22-11-13-7-5-4-6-8-13/h4-9H,3,10-11H2,1-2H3. The topological polar surface area (TPSA) is 70.4 Å². The maximum atomic E-state index is 12.2. The Morgan fingerprint density at radius 3 is 2.59 bits per heavy atom. The van der Waals surface area contributed by atoms with Gasteiger partial charge in [0.2, 0.25) is 0 Å². The number of aromatic nitrogens is 2. The van der Waals surface area contributed by atoms with E-state index in [9.17, 15) is 9.59 Å². The summed E-state index contributed by atoms with van der Waals surface area (Å²) < 4.78 is 11.4. The molecule has 116 valence electrons. The van der Waals surface area contributed by atoms with Gasteiger partial charge in [-0.05, 0) is 25.5 Å². The van der Waals surface area contributed by atoms with Crippen molar-refractivity contribution in [1.29, 1.82) is 0 Å².